The fourth-order valence-electron chi connectivity index (χ4n) is 3.62. The van der Waals surface area contributed by atoms with Gasteiger partial charge in [-0.05, 0) is 79.6 Å². The molecule has 7 heteroatoms. The average Bonchev–Trinajstić information content (AvgIpc) is 3.09. The lowest BCUT2D eigenvalue weighted by Gasteiger charge is -2.15. The molecule has 6 nitrogen and oxygen atoms in total. The van der Waals surface area contributed by atoms with Gasteiger partial charge < -0.3 is 14.8 Å². The molecule has 0 saturated carbocycles. The van der Waals surface area contributed by atoms with Crippen LogP contribution < -0.4 is 19.7 Å². The normalized spacial score (nSPS) is 13.4. The third kappa shape index (κ3) is 4.78. The van der Waals surface area contributed by atoms with Crippen molar-refractivity contribution in [3.8, 4) is 11.5 Å². The summed E-state index contributed by atoms with van der Waals surface area (Å²) in [4.78, 5) is 27.9. The highest BCUT2D eigenvalue weighted by Crippen LogP contribution is 2.34. The summed E-state index contributed by atoms with van der Waals surface area (Å²) in [7, 11) is 0. The minimum atomic E-state index is -0.521. The number of benzene rings is 3. The summed E-state index contributed by atoms with van der Waals surface area (Å²) in [5.41, 5.74) is 1.85. The summed E-state index contributed by atoms with van der Waals surface area (Å²) >= 11 is 0. The molecule has 3 aromatic rings. The van der Waals surface area contributed by atoms with E-state index in [2.05, 4.69) is 5.32 Å². The Bertz CT molecular complexity index is 1200. The molecule has 0 unspecified atom stereocenters. The summed E-state index contributed by atoms with van der Waals surface area (Å²) in [6, 6.07) is 19.4. The number of rotatable bonds is 9. The van der Waals surface area contributed by atoms with Crippen LogP contribution in [0.4, 0.5) is 15.8 Å². The highest BCUT2D eigenvalue weighted by molar-refractivity contribution is 6.46. The van der Waals surface area contributed by atoms with E-state index in [-0.39, 0.29) is 11.3 Å². The molecule has 174 valence electrons. The van der Waals surface area contributed by atoms with Gasteiger partial charge >= 0.3 is 0 Å². The molecule has 0 saturated heterocycles. The fourth-order valence-corrected chi connectivity index (χ4v) is 3.62. The third-order valence-corrected chi connectivity index (χ3v) is 5.22. The number of ether oxygens (including phenoxy) is 2. The van der Waals surface area contributed by atoms with E-state index >= 15 is 0 Å². The van der Waals surface area contributed by atoms with Crippen molar-refractivity contribution in [2.75, 3.05) is 23.4 Å². The van der Waals surface area contributed by atoms with Gasteiger partial charge in [-0.3, -0.25) is 9.59 Å². The van der Waals surface area contributed by atoms with Crippen molar-refractivity contribution in [1.82, 2.24) is 0 Å². The van der Waals surface area contributed by atoms with Crippen molar-refractivity contribution in [3.63, 3.8) is 0 Å². The molecule has 0 spiro atoms. The second kappa shape index (κ2) is 10.2. The fraction of sp³-hybridized carbons (Fsp3) is 0.185. The number of halogens is 1. The molecule has 1 aliphatic heterocycles. The first kappa shape index (κ1) is 23.0. The lowest BCUT2D eigenvalue weighted by Crippen LogP contribution is -2.32. The summed E-state index contributed by atoms with van der Waals surface area (Å²) < 4.78 is 24.6. The zero-order chi connectivity index (χ0) is 24.1. The van der Waals surface area contributed by atoms with Crippen LogP contribution >= 0.6 is 0 Å². The number of anilines is 2. The number of carbonyl (C=O) groups excluding carboxylic acids is 2. The van der Waals surface area contributed by atoms with Crippen molar-refractivity contribution in [3.05, 3.63) is 89.9 Å². The van der Waals surface area contributed by atoms with Crippen molar-refractivity contribution in [2.45, 2.75) is 20.3 Å². The maximum absolute atomic E-state index is 13.5. The van der Waals surface area contributed by atoms with Gasteiger partial charge in [-0.25, -0.2) is 9.29 Å². The van der Waals surface area contributed by atoms with Crippen LogP contribution in [0, 0.1) is 5.82 Å². The molecule has 0 bridgehead atoms. The highest BCUT2D eigenvalue weighted by Gasteiger charge is 2.40. The van der Waals surface area contributed by atoms with Gasteiger partial charge in [0.05, 0.1) is 24.5 Å². The van der Waals surface area contributed by atoms with Gasteiger partial charge in [-0.15, -0.1) is 0 Å². The predicted molar refractivity (Wildman–Crippen MR) is 129 cm³/mol. The molecule has 1 N–H and O–H groups in total. The van der Waals surface area contributed by atoms with Gasteiger partial charge in [0, 0.05) is 5.69 Å². The lowest BCUT2D eigenvalue weighted by atomic mass is 10.0. The Labute approximate surface area is 197 Å². The SMILES string of the molecule is CCCOc1ccc(C2=C(Nc3ccc(OCC)cc3)C(=O)N(c3ccc(F)cc3)C2=O)cc1. The monoisotopic (exact) mass is 460 g/mol. The summed E-state index contributed by atoms with van der Waals surface area (Å²) in [6.45, 7) is 5.04. The zero-order valence-corrected chi connectivity index (χ0v) is 19.0. The molecular weight excluding hydrogens is 435 g/mol. The average molecular weight is 461 g/mol. The van der Waals surface area contributed by atoms with E-state index < -0.39 is 17.6 Å². The Morgan fingerprint density at radius 1 is 0.794 bits per heavy atom. The van der Waals surface area contributed by atoms with Crippen LogP contribution in [-0.4, -0.2) is 25.0 Å². The van der Waals surface area contributed by atoms with Gasteiger partial charge in [0.25, 0.3) is 11.8 Å². The van der Waals surface area contributed by atoms with Crippen LogP contribution in [-0.2, 0) is 9.59 Å². The van der Waals surface area contributed by atoms with Gasteiger partial charge in [0.2, 0.25) is 0 Å². The standard InChI is InChI=1S/C27H25FN2O4/c1-3-17-34-23-13-5-18(6-14-23)24-25(29-20-9-15-22(16-10-20)33-4-2)27(32)30(26(24)31)21-11-7-19(28)8-12-21/h5-16,29H,3-4,17H2,1-2H3. The van der Waals surface area contributed by atoms with Crippen LogP contribution in [0.3, 0.4) is 0 Å². The van der Waals surface area contributed by atoms with Crippen molar-refractivity contribution < 1.29 is 23.5 Å². The molecule has 0 aliphatic carbocycles. The first-order valence-electron chi connectivity index (χ1n) is 11.1. The molecule has 0 fully saturated rings. The maximum Gasteiger partial charge on any atom is 0.282 e. The van der Waals surface area contributed by atoms with E-state index in [1.54, 1.807) is 48.5 Å². The van der Waals surface area contributed by atoms with Crippen LogP contribution in [0.2, 0.25) is 0 Å². The van der Waals surface area contributed by atoms with E-state index in [1.807, 2.05) is 13.8 Å². The Balaban J connectivity index is 1.72. The Morgan fingerprint density at radius 2 is 1.41 bits per heavy atom. The Hall–Kier alpha value is -4.13. The third-order valence-electron chi connectivity index (χ3n) is 5.22. The molecule has 1 aliphatic rings. The van der Waals surface area contributed by atoms with Gasteiger partial charge in [0.15, 0.2) is 0 Å². The number of imide groups is 1. The number of hydrogen-bond donors (Lipinski definition) is 1. The van der Waals surface area contributed by atoms with Crippen LogP contribution in [0.1, 0.15) is 25.8 Å². The maximum atomic E-state index is 13.5. The molecule has 0 radical (unpaired) electrons. The topological polar surface area (TPSA) is 67.9 Å². The first-order valence-corrected chi connectivity index (χ1v) is 11.1. The molecule has 0 atom stereocenters. The molecular formula is C27H25FN2O4. The largest absolute Gasteiger partial charge is 0.494 e. The minimum Gasteiger partial charge on any atom is -0.494 e. The van der Waals surface area contributed by atoms with Crippen LogP contribution in [0.25, 0.3) is 5.57 Å². The van der Waals surface area contributed by atoms with Gasteiger partial charge in [0.1, 0.15) is 23.0 Å². The molecule has 1 heterocycles. The molecule has 4 rings (SSSR count). The minimum absolute atomic E-state index is 0.140. The lowest BCUT2D eigenvalue weighted by molar-refractivity contribution is -0.120. The van der Waals surface area contributed by atoms with Gasteiger partial charge in [-0.1, -0.05) is 19.1 Å². The molecule has 3 aromatic carbocycles. The number of nitrogens with zero attached hydrogens (tertiary/aromatic N) is 1. The number of amides is 2. The van der Waals surface area contributed by atoms with Crippen molar-refractivity contribution in [2.24, 2.45) is 0 Å². The summed E-state index contributed by atoms with van der Waals surface area (Å²) in [6.07, 6.45) is 0.878. The molecule has 34 heavy (non-hydrogen) atoms. The van der Waals surface area contributed by atoms with Gasteiger partial charge in [-0.2, -0.15) is 0 Å². The summed E-state index contributed by atoms with van der Waals surface area (Å²) in [5.74, 6) is -0.0865. The zero-order valence-electron chi connectivity index (χ0n) is 19.0. The van der Waals surface area contributed by atoms with E-state index in [1.165, 1.54) is 24.3 Å². The Morgan fingerprint density at radius 3 is 2.03 bits per heavy atom. The second-order valence-electron chi connectivity index (χ2n) is 7.63. The second-order valence-corrected chi connectivity index (χ2v) is 7.63. The number of hydrogen-bond acceptors (Lipinski definition) is 5. The van der Waals surface area contributed by atoms with E-state index in [9.17, 15) is 14.0 Å². The predicted octanol–water partition coefficient (Wildman–Crippen LogP) is 5.41. The van der Waals surface area contributed by atoms with Crippen molar-refractivity contribution >= 4 is 28.8 Å². The quantitative estimate of drug-likeness (QED) is 0.433. The van der Waals surface area contributed by atoms with Crippen LogP contribution in [0.5, 0.6) is 11.5 Å². The number of nitrogens with one attached hydrogen (secondary N) is 1. The smallest absolute Gasteiger partial charge is 0.282 e. The van der Waals surface area contributed by atoms with E-state index in [0.29, 0.717) is 41.7 Å². The van der Waals surface area contributed by atoms with E-state index in [4.69, 9.17) is 9.47 Å². The number of carbonyl (C=O) groups is 2. The summed E-state index contributed by atoms with van der Waals surface area (Å²) in [5, 5.41) is 3.11. The van der Waals surface area contributed by atoms with E-state index in [0.717, 1.165) is 11.3 Å². The molecule has 2 amide bonds. The highest BCUT2D eigenvalue weighted by atomic mass is 19.1. The molecule has 0 aromatic heterocycles. The van der Waals surface area contributed by atoms with Crippen molar-refractivity contribution in [1.29, 1.82) is 0 Å². The first-order chi connectivity index (χ1) is 16.5. The van der Waals surface area contributed by atoms with Crippen LogP contribution in [0.15, 0.2) is 78.5 Å². The Kier molecular flexibility index (Phi) is 6.92.